The Labute approximate surface area is 241 Å². The molecule has 0 aliphatic carbocycles. The Hall–Kier alpha value is -4.64. The SMILES string of the molecule is CC(C)(C)c1ccnc(Oc2ccc3c(c2)c2cc(Oc4cc(C(C)(C)C)ccn4)ccc2n3-c2ccccc2)c1. The van der Waals surface area contributed by atoms with Crippen molar-refractivity contribution in [1.29, 1.82) is 0 Å². The van der Waals surface area contributed by atoms with Crippen LogP contribution in [0.4, 0.5) is 0 Å². The fourth-order valence-electron chi connectivity index (χ4n) is 5.07. The van der Waals surface area contributed by atoms with Crippen molar-refractivity contribution < 1.29 is 9.47 Å². The molecule has 0 aliphatic heterocycles. The van der Waals surface area contributed by atoms with Crippen molar-refractivity contribution in [3.63, 3.8) is 0 Å². The Morgan fingerprint density at radius 1 is 0.537 bits per heavy atom. The second kappa shape index (κ2) is 10.1. The summed E-state index contributed by atoms with van der Waals surface area (Å²) in [6.45, 7) is 13.1. The van der Waals surface area contributed by atoms with Gasteiger partial charge in [-0.15, -0.1) is 0 Å². The summed E-state index contributed by atoms with van der Waals surface area (Å²) in [5.74, 6) is 2.62. The van der Waals surface area contributed by atoms with E-state index >= 15 is 0 Å². The lowest BCUT2D eigenvalue weighted by atomic mass is 9.88. The quantitative estimate of drug-likeness (QED) is 0.218. The first kappa shape index (κ1) is 26.6. The first-order chi connectivity index (χ1) is 19.6. The first-order valence-electron chi connectivity index (χ1n) is 14.0. The van der Waals surface area contributed by atoms with Crippen LogP contribution in [-0.2, 0) is 10.8 Å². The molecule has 3 aromatic heterocycles. The summed E-state index contributed by atoms with van der Waals surface area (Å²) in [4.78, 5) is 8.95. The van der Waals surface area contributed by atoms with Crippen LogP contribution in [0.2, 0.25) is 0 Å². The number of nitrogens with zero attached hydrogens (tertiary/aromatic N) is 3. The zero-order valence-electron chi connectivity index (χ0n) is 24.5. The maximum absolute atomic E-state index is 6.30. The lowest BCUT2D eigenvalue weighted by molar-refractivity contribution is 0.459. The predicted octanol–water partition coefficient (Wildman–Crippen LogP) is 9.75. The fraction of sp³-hybridized carbons (Fsp3) is 0.222. The molecular weight excluding hydrogens is 506 g/mol. The van der Waals surface area contributed by atoms with Crippen molar-refractivity contribution in [2.45, 2.75) is 52.4 Å². The molecule has 5 nitrogen and oxygen atoms in total. The molecule has 0 radical (unpaired) electrons. The highest BCUT2D eigenvalue weighted by atomic mass is 16.5. The van der Waals surface area contributed by atoms with Crippen LogP contribution in [0.5, 0.6) is 23.3 Å². The highest BCUT2D eigenvalue weighted by Crippen LogP contribution is 2.38. The summed E-state index contributed by atoms with van der Waals surface area (Å²) in [5, 5.41) is 2.13. The zero-order valence-corrected chi connectivity index (χ0v) is 24.5. The topological polar surface area (TPSA) is 49.2 Å². The van der Waals surface area contributed by atoms with Gasteiger partial charge < -0.3 is 14.0 Å². The average molecular weight is 542 g/mol. The zero-order chi connectivity index (χ0) is 28.8. The molecule has 0 amide bonds. The molecule has 0 N–H and O–H groups in total. The van der Waals surface area contributed by atoms with E-state index in [1.165, 1.54) is 11.1 Å². The van der Waals surface area contributed by atoms with E-state index in [1.54, 1.807) is 0 Å². The van der Waals surface area contributed by atoms with Gasteiger partial charge in [0, 0.05) is 41.0 Å². The minimum Gasteiger partial charge on any atom is -0.439 e. The van der Waals surface area contributed by atoms with Crippen molar-refractivity contribution >= 4 is 21.8 Å². The highest BCUT2D eigenvalue weighted by Gasteiger charge is 2.18. The number of hydrogen-bond acceptors (Lipinski definition) is 4. The third-order valence-electron chi connectivity index (χ3n) is 7.37. The summed E-state index contributed by atoms with van der Waals surface area (Å²) >= 11 is 0. The second-order valence-electron chi connectivity index (χ2n) is 12.5. The monoisotopic (exact) mass is 541 g/mol. The van der Waals surface area contributed by atoms with Crippen molar-refractivity contribution in [2.24, 2.45) is 0 Å². The number of ether oxygens (including phenoxy) is 2. The van der Waals surface area contributed by atoms with Gasteiger partial charge in [-0.2, -0.15) is 0 Å². The van der Waals surface area contributed by atoms with Gasteiger partial charge >= 0.3 is 0 Å². The third-order valence-corrected chi connectivity index (χ3v) is 7.37. The normalized spacial score (nSPS) is 12.1. The van der Waals surface area contributed by atoms with Crippen molar-refractivity contribution in [2.75, 3.05) is 0 Å². The number of aromatic nitrogens is 3. The highest BCUT2D eigenvalue weighted by molar-refractivity contribution is 6.10. The van der Waals surface area contributed by atoms with Crippen LogP contribution >= 0.6 is 0 Å². The summed E-state index contributed by atoms with van der Waals surface area (Å²) < 4.78 is 14.9. The van der Waals surface area contributed by atoms with Crippen LogP contribution in [0.3, 0.4) is 0 Å². The summed E-state index contributed by atoms with van der Waals surface area (Å²) in [6, 6.07) is 30.9. The van der Waals surface area contributed by atoms with Crippen LogP contribution < -0.4 is 9.47 Å². The molecule has 3 heterocycles. The molecule has 0 spiro atoms. The molecule has 206 valence electrons. The van der Waals surface area contributed by atoms with Crippen LogP contribution in [0.1, 0.15) is 52.7 Å². The van der Waals surface area contributed by atoms with Crippen LogP contribution in [0, 0.1) is 0 Å². The molecule has 6 aromatic rings. The minimum absolute atomic E-state index is 0.00572. The molecule has 0 saturated carbocycles. The van der Waals surface area contributed by atoms with Gasteiger partial charge in [-0.25, -0.2) is 9.97 Å². The number of fused-ring (bicyclic) bond motifs is 3. The van der Waals surface area contributed by atoms with Gasteiger partial charge in [0.15, 0.2) is 0 Å². The summed E-state index contributed by atoms with van der Waals surface area (Å²) in [5.41, 5.74) is 5.62. The van der Waals surface area contributed by atoms with Gasteiger partial charge in [0.05, 0.1) is 11.0 Å². The molecule has 41 heavy (non-hydrogen) atoms. The Morgan fingerprint density at radius 3 is 1.44 bits per heavy atom. The van der Waals surface area contributed by atoms with Crippen molar-refractivity contribution in [1.82, 2.24) is 14.5 Å². The Balaban J connectivity index is 1.45. The lowest BCUT2D eigenvalue weighted by Crippen LogP contribution is -2.11. The Bertz CT molecular complexity index is 1740. The predicted molar refractivity (Wildman–Crippen MR) is 167 cm³/mol. The van der Waals surface area contributed by atoms with E-state index < -0.39 is 0 Å². The van der Waals surface area contributed by atoms with Gasteiger partial charge in [-0.3, -0.25) is 0 Å². The number of benzene rings is 3. The van der Waals surface area contributed by atoms with Crippen LogP contribution in [0.25, 0.3) is 27.5 Å². The molecule has 0 fully saturated rings. The van der Waals surface area contributed by atoms with E-state index in [2.05, 4.69) is 105 Å². The van der Waals surface area contributed by atoms with Crippen molar-refractivity contribution in [3.8, 4) is 28.9 Å². The third kappa shape index (κ3) is 5.40. The Kier molecular flexibility index (Phi) is 6.53. The van der Waals surface area contributed by atoms with Crippen LogP contribution in [0.15, 0.2) is 103 Å². The van der Waals surface area contributed by atoms with E-state index in [0.29, 0.717) is 11.8 Å². The molecule has 0 saturated heterocycles. The van der Waals surface area contributed by atoms with E-state index in [1.807, 2.05) is 54.9 Å². The molecule has 0 unspecified atom stereocenters. The Morgan fingerprint density at radius 2 is 1.00 bits per heavy atom. The van der Waals surface area contributed by atoms with E-state index in [0.717, 1.165) is 39.0 Å². The van der Waals surface area contributed by atoms with E-state index in [-0.39, 0.29) is 10.8 Å². The van der Waals surface area contributed by atoms with Gasteiger partial charge in [0.1, 0.15) is 11.5 Å². The maximum atomic E-state index is 6.30. The second-order valence-corrected chi connectivity index (χ2v) is 12.5. The van der Waals surface area contributed by atoms with Crippen LogP contribution in [-0.4, -0.2) is 14.5 Å². The molecular formula is C36H35N3O2. The van der Waals surface area contributed by atoms with Gasteiger partial charge in [-0.1, -0.05) is 59.7 Å². The number of hydrogen-bond donors (Lipinski definition) is 0. The number of rotatable bonds is 5. The number of pyridine rings is 2. The summed E-state index contributed by atoms with van der Waals surface area (Å²) in [6.07, 6.45) is 3.62. The molecule has 5 heteroatoms. The van der Waals surface area contributed by atoms with Gasteiger partial charge in [0.25, 0.3) is 0 Å². The standard InChI is InChI=1S/C36H35N3O2/c1-35(2,3)24-16-18-37-33(20-24)40-27-12-14-31-29(22-27)30-23-28(41-34-21-25(17-19-38-34)36(4,5)6)13-15-32(30)39(31)26-10-8-7-9-11-26/h7-23H,1-6H3. The first-order valence-corrected chi connectivity index (χ1v) is 14.0. The molecule has 0 bridgehead atoms. The average Bonchev–Trinajstić information content (AvgIpc) is 3.26. The van der Waals surface area contributed by atoms with Gasteiger partial charge in [-0.05, 0) is 82.6 Å². The molecule has 6 rings (SSSR count). The van der Waals surface area contributed by atoms with Gasteiger partial charge in [0.2, 0.25) is 11.8 Å². The van der Waals surface area contributed by atoms with Crippen molar-refractivity contribution in [3.05, 3.63) is 115 Å². The molecule has 3 aromatic carbocycles. The lowest BCUT2D eigenvalue weighted by Gasteiger charge is -2.19. The largest absolute Gasteiger partial charge is 0.439 e. The molecule has 0 atom stereocenters. The smallest absolute Gasteiger partial charge is 0.219 e. The van der Waals surface area contributed by atoms with E-state index in [9.17, 15) is 0 Å². The minimum atomic E-state index is 0.00572. The summed E-state index contributed by atoms with van der Waals surface area (Å²) in [7, 11) is 0. The van der Waals surface area contributed by atoms with E-state index in [4.69, 9.17) is 9.47 Å². The number of para-hydroxylation sites is 1. The molecule has 0 aliphatic rings. The fourth-order valence-corrected chi connectivity index (χ4v) is 5.07. The maximum Gasteiger partial charge on any atom is 0.219 e.